The van der Waals surface area contributed by atoms with Crippen molar-refractivity contribution in [3.05, 3.63) is 23.5 Å². The predicted molar refractivity (Wildman–Crippen MR) is 113 cm³/mol. The molecule has 6 nitrogen and oxygen atoms in total. The summed E-state index contributed by atoms with van der Waals surface area (Å²) in [5, 5.41) is 6.34. The van der Waals surface area contributed by atoms with Crippen molar-refractivity contribution < 1.29 is 4.74 Å². The molecule has 2 rings (SSSR count). The van der Waals surface area contributed by atoms with Gasteiger partial charge in [0.1, 0.15) is 5.82 Å². The van der Waals surface area contributed by atoms with Gasteiger partial charge in [0.15, 0.2) is 5.82 Å². The van der Waals surface area contributed by atoms with Crippen LogP contribution < -0.4 is 15.4 Å². The molecule has 2 aromatic rings. The Kier molecular flexibility index (Phi) is 7.82. The third-order valence-electron chi connectivity index (χ3n) is 4.49. The summed E-state index contributed by atoms with van der Waals surface area (Å²) in [6.45, 7) is 9.21. The first kappa shape index (κ1) is 20.9. The van der Waals surface area contributed by atoms with Crippen LogP contribution in [-0.4, -0.2) is 35.7 Å². The van der Waals surface area contributed by atoms with E-state index in [0.717, 1.165) is 47.7 Å². The van der Waals surface area contributed by atoms with Crippen LogP contribution in [-0.2, 0) is 6.42 Å². The number of ether oxygens (including phenoxy) is 1. The van der Waals surface area contributed by atoms with Crippen molar-refractivity contribution >= 4 is 11.6 Å². The van der Waals surface area contributed by atoms with Gasteiger partial charge in [0.25, 0.3) is 5.88 Å². The van der Waals surface area contributed by atoms with Gasteiger partial charge in [-0.05, 0) is 30.9 Å². The van der Waals surface area contributed by atoms with Gasteiger partial charge in [-0.2, -0.15) is 0 Å². The summed E-state index contributed by atoms with van der Waals surface area (Å²) in [5.74, 6) is 2.43. The van der Waals surface area contributed by atoms with Crippen LogP contribution in [0, 0.1) is 0 Å². The molecule has 0 radical (unpaired) electrons. The zero-order valence-corrected chi connectivity index (χ0v) is 17.5. The van der Waals surface area contributed by atoms with E-state index in [4.69, 9.17) is 19.7 Å². The highest BCUT2D eigenvalue weighted by Gasteiger charge is 2.18. The molecule has 148 valence electrons. The third kappa shape index (κ3) is 5.08. The summed E-state index contributed by atoms with van der Waals surface area (Å²) in [5.41, 5.74) is 3.77. The van der Waals surface area contributed by atoms with E-state index in [9.17, 15) is 0 Å². The first-order valence-corrected chi connectivity index (χ1v) is 9.96. The number of aryl methyl sites for hydroxylation is 1. The van der Waals surface area contributed by atoms with Crippen LogP contribution in [0.5, 0.6) is 5.88 Å². The largest absolute Gasteiger partial charge is 0.475 e. The summed E-state index contributed by atoms with van der Waals surface area (Å²) in [4.78, 5) is 14.4. The average Bonchev–Trinajstić information content (AvgIpc) is 2.70. The van der Waals surface area contributed by atoms with Crippen molar-refractivity contribution in [2.24, 2.45) is 0 Å². The molecule has 2 heterocycles. The van der Waals surface area contributed by atoms with Crippen LogP contribution in [0.1, 0.15) is 64.3 Å². The van der Waals surface area contributed by atoms with E-state index in [1.165, 1.54) is 6.42 Å². The van der Waals surface area contributed by atoms with Gasteiger partial charge in [-0.25, -0.2) is 15.0 Å². The number of aromatic nitrogens is 3. The quantitative estimate of drug-likeness (QED) is 0.580. The molecule has 0 aliphatic heterocycles. The van der Waals surface area contributed by atoms with Crippen LogP contribution in [0.4, 0.5) is 11.6 Å². The Hall–Kier alpha value is -2.37. The number of hydrogen-bond acceptors (Lipinski definition) is 6. The number of nitrogens with one attached hydrogen (secondary N) is 2. The summed E-state index contributed by atoms with van der Waals surface area (Å²) in [6.07, 6.45) is 4.11. The molecule has 0 saturated heterocycles. The van der Waals surface area contributed by atoms with E-state index in [1.54, 1.807) is 0 Å². The number of nitrogens with zero attached hydrogens (tertiary/aromatic N) is 3. The Bertz CT molecular complexity index is 746. The minimum absolute atomic E-state index is 0.370. The molecule has 0 saturated carbocycles. The minimum Gasteiger partial charge on any atom is -0.475 e. The lowest BCUT2D eigenvalue weighted by molar-refractivity contribution is 0.294. The number of anilines is 2. The van der Waals surface area contributed by atoms with Gasteiger partial charge in [-0.15, -0.1) is 0 Å². The lowest BCUT2D eigenvalue weighted by atomic mass is 10.0. The summed E-state index contributed by atoms with van der Waals surface area (Å²) >= 11 is 0. The highest BCUT2D eigenvalue weighted by molar-refractivity contribution is 5.75. The standard InChI is InChI=1S/C21H33N5O/c1-7-9-10-13-27-21-20(23-6)26-18(16(8-2)25-21)15-11-12-17(14(3)4)24-19(15)22-5/h11-12,14H,7-10,13H2,1-6H3,(H,22,24)(H,23,26). The van der Waals surface area contributed by atoms with Crippen LogP contribution in [0.3, 0.4) is 0 Å². The van der Waals surface area contributed by atoms with Crippen molar-refractivity contribution in [3.63, 3.8) is 0 Å². The summed E-state index contributed by atoms with van der Waals surface area (Å²) in [7, 11) is 3.73. The van der Waals surface area contributed by atoms with Gasteiger partial charge in [0, 0.05) is 25.4 Å². The number of pyridine rings is 1. The SMILES string of the molecule is CCCCCOc1nc(CC)c(-c2ccc(C(C)C)nc2NC)nc1NC. The maximum atomic E-state index is 5.90. The normalized spacial score (nSPS) is 10.9. The topological polar surface area (TPSA) is 72.0 Å². The molecule has 0 amide bonds. The van der Waals surface area contributed by atoms with Crippen LogP contribution in [0.2, 0.25) is 0 Å². The molecular formula is C21H33N5O. The molecule has 0 aliphatic carbocycles. The second-order valence-electron chi connectivity index (χ2n) is 6.87. The first-order valence-electron chi connectivity index (χ1n) is 9.96. The van der Waals surface area contributed by atoms with Crippen LogP contribution in [0.15, 0.2) is 12.1 Å². The Labute approximate surface area is 163 Å². The second-order valence-corrected chi connectivity index (χ2v) is 6.87. The molecule has 0 unspecified atom stereocenters. The fraction of sp³-hybridized carbons (Fsp3) is 0.571. The predicted octanol–water partition coefficient (Wildman–Crippen LogP) is 4.88. The molecule has 27 heavy (non-hydrogen) atoms. The molecule has 2 N–H and O–H groups in total. The van der Waals surface area contributed by atoms with Crippen molar-refractivity contribution in [1.29, 1.82) is 0 Å². The smallest absolute Gasteiger partial charge is 0.257 e. The fourth-order valence-corrected chi connectivity index (χ4v) is 2.88. The number of unbranched alkanes of at least 4 members (excludes halogenated alkanes) is 2. The van der Waals surface area contributed by atoms with E-state index in [2.05, 4.69) is 50.5 Å². The van der Waals surface area contributed by atoms with E-state index in [0.29, 0.717) is 24.2 Å². The van der Waals surface area contributed by atoms with Gasteiger partial charge in [-0.1, -0.05) is 40.5 Å². The van der Waals surface area contributed by atoms with Gasteiger partial charge < -0.3 is 15.4 Å². The highest BCUT2D eigenvalue weighted by atomic mass is 16.5. The third-order valence-corrected chi connectivity index (χ3v) is 4.49. The molecular weight excluding hydrogens is 338 g/mol. The summed E-state index contributed by atoms with van der Waals surface area (Å²) in [6, 6.07) is 4.15. The van der Waals surface area contributed by atoms with Gasteiger partial charge in [0.05, 0.1) is 18.0 Å². The van der Waals surface area contributed by atoms with Gasteiger partial charge in [-0.3, -0.25) is 0 Å². The van der Waals surface area contributed by atoms with Crippen molar-refractivity contribution in [1.82, 2.24) is 15.0 Å². The van der Waals surface area contributed by atoms with Gasteiger partial charge in [0.2, 0.25) is 0 Å². The highest BCUT2D eigenvalue weighted by Crippen LogP contribution is 2.33. The monoisotopic (exact) mass is 371 g/mol. The Morgan fingerprint density at radius 2 is 1.70 bits per heavy atom. The van der Waals surface area contributed by atoms with E-state index >= 15 is 0 Å². The Morgan fingerprint density at radius 3 is 2.30 bits per heavy atom. The molecule has 6 heteroatoms. The lowest BCUT2D eigenvalue weighted by Gasteiger charge is -2.17. The molecule has 0 spiro atoms. The van der Waals surface area contributed by atoms with E-state index < -0.39 is 0 Å². The van der Waals surface area contributed by atoms with Crippen molar-refractivity contribution in [2.45, 2.75) is 59.3 Å². The zero-order valence-electron chi connectivity index (χ0n) is 17.5. The van der Waals surface area contributed by atoms with Crippen LogP contribution >= 0.6 is 0 Å². The van der Waals surface area contributed by atoms with E-state index in [1.807, 2.05) is 14.1 Å². The first-order chi connectivity index (χ1) is 13.0. The fourth-order valence-electron chi connectivity index (χ4n) is 2.88. The molecule has 0 atom stereocenters. The Morgan fingerprint density at radius 1 is 0.963 bits per heavy atom. The van der Waals surface area contributed by atoms with E-state index in [-0.39, 0.29) is 0 Å². The average molecular weight is 372 g/mol. The van der Waals surface area contributed by atoms with Crippen LogP contribution in [0.25, 0.3) is 11.3 Å². The minimum atomic E-state index is 0.370. The maximum absolute atomic E-state index is 5.90. The summed E-state index contributed by atoms with van der Waals surface area (Å²) < 4.78 is 5.90. The zero-order chi connectivity index (χ0) is 19.8. The molecule has 0 aliphatic rings. The van der Waals surface area contributed by atoms with Gasteiger partial charge >= 0.3 is 0 Å². The number of rotatable bonds is 10. The molecule has 0 bridgehead atoms. The molecule has 0 fully saturated rings. The maximum Gasteiger partial charge on any atom is 0.257 e. The van der Waals surface area contributed by atoms with Crippen molar-refractivity contribution in [2.75, 3.05) is 31.3 Å². The Balaban J connectivity index is 2.44. The van der Waals surface area contributed by atoms with Crippen molar-refractivity contribution in [3.8, 4) is 17.1 Å². The molecule has 2 aromatic heterocycles. The number of hydrogen-bond donors (Lipinski definition) is 2. The second kappa shape index (κ2) is 10.1. The molecule has 0 aromatic carbocycles. The lowest BCUT2D eigenvalue weighted by Crippen LogP contribution is -2.09.